The number of pyridine rings is 1. The molecule has 7 heteroatoms. The van der Waals surface area contributed by atoms with Crippen LogP contribution >= 0.6 is 11.3 Å². The molecule has 0 bridgehead atoms. The maximum absolute atomic E-state index is 5.90. The van der Waals surface area contributed by atoms with Crippen LogP contribution in [0.5, 0.6) is 0 Å². The Labute approximate surface area is 353 Å². The van der Waals surface area contributed by atoms with Crippen molar-refractivity contribution < 1.29 is 4.42 Å². The van der Waals surface area contributed by atoms with Crippen LogP contribution in [-0.4, -0.2) is 34.8 Å². The number of hydrogen-bond donors (Lipinski definition) is 0. The van der Waals surface area contributed by atoms with Crippen molar-refractivity contribution in [3.63, 3.8) is 0 Å². The lowest BCUT2D eigenvalue weighted by Crippen LogP contribution is -2.42. The standard InChI is InChI=1S/C15H24.C12H16O.C11H15B4N.C11H18S/c1-9-10(2)12(4)14(15(6,7)8)13(5)11(9)3;1-7-10-8(2)11(12(4,5)6)13-9(10)3;1-6-8(15(13)14)7(2)10(12)16-9(6)11(3,4)5;1-7-8(2)10(11(4,5)6)12-9(7)3/h1-8H3;1H,2-6H3;1-5H3;1-6H3. The second kappa shape index (κ2) is 18.8. The Kier molecular flexibility index (Phi) is 17.2. The van der Waals surface area contributed by atoms with E-state index in [0.29, 0.717) is 11.0 Å². The van der Waals surface area contributed by atoms with Crippen LogP contribution in [-0.2, 0) is 21.7 Å². The molecule has 0 saturated carbocycles. The highest BCUT2D eigenvalue weighted by atomic mass is 32.1. The lowest BCUT2D eigenvalue weighted by molar-refractivity contribution is 0.393. The zero-order chi connectivity index (χ0) is 44.4. The van der Waals surface area contributed by atoms with E-state index in [2.05, 4.69) is 149 Å². The molecule has 0 aliphatic rings. The first-order chi connectivity index (χ1) is 25.0. The van der Waals surface area contributed by atoms with Gasteiger partial charge in [-0.25, -0.2) is 0 Å². The summed E-state index contributed by atoms with van der Waals surface area (Å²) in [6, 6.07) is 0. The fraction of sp³-hybridized carbons (Fsp3) is 0.571. The second-order valence-corrected chi connectivity index (χ2v) is 21.1. The van der Waals surface area contributed by atoms with E-state index in [4.69, 9.17) is 34.2 Å². The minimum atomic E-state index is -0.508. The van der Waals surface area contributed by atoms with Gasteiger partial charge in [0.25, 0.3) is 0 Å². The highest BCUT2D eigenvalue weighted by Crippen LogP contribution is 2.36. The number of nitrogens with zero attached hydrogens (tertiary/aromatic N) is 1. The van der Waals surface area contributed by atoms with E-state index in [1.807, 2.05) is 39.0 Å². The number of aryl methyl sites for hydroxylation is 2. The number of terminal acetylenes is 1. The van der Waals surface area contributed by atoms with Crippen LogP contribution in [0.4, 0.5) is 0 Å². The van der Waals surface area contributed by atoms with E-state index in [-0.39, 0.29) is 16.2 Å². The van der Waals surface area contributed by atoms with Crippen LogP contribution < -0.4 is 11.1 Å². The number of aromatic nitrogens is 1. The summed E-state index contributed by atoms with van der Waals surface area (Å²) in [6.45, 7) is 51.7. The fourth-order valence-electron chi connectivity index (χ4n) is 7.73. The van der Waals surface area contributed by atoms with Gasteiger partial charge in [-0.3, -0.25) is 4.98 Å². The van der Waals surface area contributed by atoms with E-state index in [1.165, 1.54) is 54.3 Å². The predicted molar refractivity (Wildman–Crippen MR) is 256 cm³/mol. The second-order valence-electron chi connectivity index (χ2n) is 19.9. The summed E-state index contributed by atoms with van der Waals surface area (Å²) in [5, 5.41) is 0. The third-order valence-electron chi connectivity index (χ3n) is 11.1. The van der Waals surface area contributed by atoms with Crippen molar-refractivity contribution in [1.29, 1.82) is 0 Å². The first kappa shape index (κ1) is 51.2. The Morgan fingerprint density at radius 2 is 1.00 bits per heavy atom. The fourth-order valence-corrected chi connectivity index (χ4v) is 8.95. The highest BCUT2D eigenvalue weighted by Gasteiger charge is 2.25. The van der Waals surface area contributed by atoms with Crippen molar-refractivity contribution in [2.24, 2.45) is 0 Å². The van der Waals surface area contributed by atoms with Crippen molar-refractivity contribution in [1.82, 2.24) is 4.98 Å². The Morgan fingerprint density at radius 3 is 1.27 bits per heavy atom. The molecule has 298 valence electrons. The largest absolute Gasteiger partial charge is 0.464 e. The molecule has 4 rings (SSSR count). The molecule has 1 aromatic carbocycles. The molecule has 0 unspecified atom stereocenters. The van der Waals surface area contributed by atoms with Crippen molar-refractivity contribution >= 4 is 52.2 Å². The van der Waals surface area contributed by atoms with Gasteiger partial charge >= 0.3 is 0 Å². The van der Waals surface area contributed by atoms with E-state index in [1.54, 1.807) is 0 Å². The number of thiophene rings is 1. The summed E-state index contributed by atoms with van der Waals surface area (Å²) in [6.07, 6.45) is 5.40. The van der Waals surface area contributed by atoms with Crippen LogP contribution in [0.2, 0.25) is 0 Å². The van der Waals surface area contributed by atoms with Gasteiger partial charge in [-0.15, -0.1) is 17.8 Å². The molecule has 2 nitrogen and oxygen atoms in total. The molecular weight excluding hydrogens is 694 g/mol. The Bertz CT molecular complexity index is 2010. The molecule has 0 saturated heterocycles. The average molecular weight is 767 g/mol. The zero-order valence-corrected chi connectivity index (χ0v) is 41.0. The lowest BCUT2D eigenvalue weighted by Gasteiger charge is -2.28. The van der Waals surface area contributed by atoms with E-state index in [0.717, 1.165) is 44.9 Å². The third-order valence-corrected chi connectivity index (χ3v) is 12.8. The van der Waals surface area contributed by atoms with Crippen molar-refractivity contribution in [3.05, 3.63) is 93.7 Å². The molecule has 0 fully saturated rings. The van der Waals surface area contributed by atoms with Crippen molar-refractivity contribution in [3.8, 4) is 12.3 Å². The normalized spacial score (nSPS) is 11.8. The number of benzene rings is 1. The van der Waals surface area contributed by atoms with Gasteiger partial charge in [0.05, 0.1) is 12.1 Å². The summed E-state index contributed by atoms with van der Waals surface area (Å²) in [5.41, 5.74) is 18.7. The third kappa shape index (κ3) is 12.1. The summed E-state index contributed by atoms with van der Waals surface area (Å²) in [4.78, 5) is 7.46. The first-order valence-electron chi connectivity index (χ1n) is 20.0. The quantitative estimate of drug-likeness (QED) is 0.142. The van der Waals surface area contributed by atoms with Gasteiger partial charge in [0.2, 0.25) is 0 Å². The maximum atomic E-state index is 5.90. The molecule has 4 aromatic rings. The molecular formula is C49H73B4NOS. The number of furan rings is 1. The van der Waals surface area contributed by atoms with Crippen LogP contribution in [0.25, 0.3) is 0 Å². The van der Waals surface area contributed by atoms with Gasteiger partial charge in [0.1, 0.15) is 19.4 Å². The van der Waals surface area contributed by atoms with E-state index in [9.17, 15) is 0 Å². The minimum Gasteiger partial charge on any atom is -0.464 e. The van der Waals surface area contributed by atoms with Crippen LogP contribution in [0, 0.1) is 95.4 Å². The molecule has 0 spiro atoms. The Balaban J connectivity index is 0.000000375. The van der Waals surface area contributed by atoms with Crippen LogP contribution in [0.15, 0.2) is 4.42 Å². The molecule has 0 amide bonds. The predicted octanol–water partition coefficient (Wildman–Crippen LogP) is 11.5. The smallest absolute Gasteiger partial charge is 0.142 e. The average Bonchev–Trinajstić information content (AvgIpc) is 3.49. The monoisotopic (exact) mass is 768 g/mol. The van der Waals surface area contributed by atoms with Gasteiger partial charge in [-0.1, -0.05) is 94.5 Å². The zero-order valence-electron chi connectivity index (χ0n) is 40.2. The Hall–Kier alpha value is -2.83. The van der Waals surface area contributed by atoms with Gasteiger partial charge < -0.3 is 4.42 Å². The SMILES string of the molecule is C#Cc1c(C)oc(C(C)(C)C)c1C.Cc1c(C)c(C)c(C(C)(C)C)c(C)c1C.Cc1sc(C(C)(C)C)c(C)c1C.[B]B([B])c1c(C)c([B])nc(C(C)(C)C)c1C. The van der Waals surface area contributed by atoms with E-state index < -0.39 is 6.49 Å². The van der Waals surface area contributed by atoms with Gasteiger partial charge in [-0.05, 0) is 155 Å². The molecule has 3 heterocycles. The van der Waals surface area contributed by atoms with E-state index >= 15 is 0 Å². The van der Waals surface area contributed by atoms with Gasteiger partial charge in [0.15, 0.2) is 0 Å². The molecule has 0 atom stereocenters. The lowest BCUT2D eigenvalue weighted by atomic mass is 9.16. The van der Waals surface area contributed by atoms with Crippen molar-refractivity contribution in [2.45, 2.75) is 188 Å². The van der Waals surface area contributed by atoms with Gasteiger partial charge in [-0.2, -0.15) is 0 Å². The molecule has 0 aliphatic heterocycles. The summed E-state index contributed by atoms with van der Waals surface area (Å²) < 4.78 is 5.66. The number of hydrogen-bond acceptors (Lipinski definition) is 3. The molecule has 3 aromatic heterocycles. The molecule has 56 heavy (non-hydrogen) atoms. The maximum Gasteiger partial charge on any atom is 0.142 e. The highest BCUT2D eigenvalue weighted by molar-refractivity contribution is 7.35. The topological polar surface area (TPSA) is 26.0 Å². The summed E-state index contributed by atoms with van der Waals surface area (Å²) in [7, 11) is 17.5. The summed E-state index contributed by atoms with van der Waals surface area (Å²) >= 11 is 1.95. The van der Waals surface area contributed by atoms with Crippen molar-refractivity contribution in [2.75, 3.05) is 0 Å². The minimum absolute atomic E-state index is 0.0317. The van der Waals surface area contributed by atoms with Crippen LogP contribution in [0.3, 0.4) is 0 Å². The molecule has 0 aliphatic carbocycles. The summed E-state index contributed by atoms with van der Waals surface area (Å²) in [5.74, 6) is 4.51. The first-order valence-corrected chi connectivity index (χ1v) is 20.9. The number of rotatable bonds is 1. The molecule has 0 N–H and O–H groups in total. The van der Waals surface area contributed by atoms with Gasteiger partial charge in [0, 0.05) is 47.3 Å². The molecule has 6 radical (unpaired) electrons. The van der Waals surface area contributed by atoms with Crippen LogP contribution in [0.1, 0.15) is 177 Å². The Morgan fingerprint density at radius 1 is 0.554 bits per heavy atom.